The summed E-state index contributed by atoms with van der Waals surface area (Å²) in [6.45, 7) is 7.04. The number of hydrogen-bond acceptors (Lipinski definition) is 3. The lowest BCUT2D eigenvalue weighted by Gasteiger charge is -2.07. The molecule has 0 saturated heterocycles. The first-order chi connectivity index (χ1) is 10.6. The zero-order valence-electron chi connectivity index (χ0n) is 13.1. The summed E-state index contributed by atoms with van der Waals surface area (Å²) in [5.41, 5.74) is 14.3. The Kier molecular flexibility index (Phi) is 4.39. The molecule has 0 atom stereocenters. The molecule has 0 amide bonds. The van der Waals surface area contributed by atoms with E-state index in [0.29, 0.717) is 6.54 Å². The highest BCUT2D eigenvalue weighted by Crippen LogP contribution is 2.44. The van der Waals surface area contributed by atoms with Gasteiger partial charge in [0.25, 0.3) is 0 Å². The number of azide groups is 1. The topological polar surface area (TPSA) is 48.8 Å². The molecule has 3 nitrogen and oxygen atoms in total. The molecule has 114 valence electrons. The van der Waals surface area contributed by atoms with Gasteiger partial charge in [0.1, 0.15) is 0 Å². The maximum atomic E-state index is 8.49. The first kappa shape index (κ1) is 15.3. The molecule has 0 saturated carbocycles. The number of rotatable bonds is 4. The van der Waals surface area contributed by atoms with Crippen LogP contribution in [0.3, 0.4) is 0 Å². The van der Waals surface area contributed by atoms with E-state index in [0.717, 1.165) is 11.3 Å². The molecule has 2 heterocycles. The molecule has 3 rings (SSSR count). The van der Waals surface area contributed by atoms with Crippen LogP contribution in [-0.2, 0) is 6.54 Å². The van der Waals surface area contributed by atoms with Crippen molar-refractivity contribution in [2.75, 3.05) is 0 Å². The van der Waals surface area contributed by atoms with Gasteiger partial charge in [-0.3, -0.25) is 0 Å². The number of allylic oxidation sites excluding steroid dienone is 2. The maximum absolute atomic E-state index is 8.49. The standard InChI is InChI=1S/C17H19N3S2/c1-10-7-16(11(2)21-10)14-5-4-6-15(14)17-8-13(9-19-20-18)22-12(17)3/h7-8H,4-6,9H2,1-3H3. The molecule has 1 aliphatic rings. The fourth-order valence-corrected chi connectivity index (χ4v) is 5.23. The molecule has 2 aromatic rings. The highest BCUT2D eigenvalue weighted by atomic mass is 32.1. The molecule has 0 bridgehead atoms. The van der Waals surface area contributed by atoms with E-state index < -0.39 is 0 Å². The van der Waals surface area contributed by atoms with Crippen LogP contribution in [0.1, 0.15) is 49.9 Å². The minimum Gasteiger partial charge on any atom is -0.145 e. The van der Waals surface area contributed by atoms with Gasteiger partial charge in [0.15, 0.2) is 0 Å². The minimum atomic E-state index is 0.460. The lowest BCUT2D eigenvalue weighted by atomic mass is 9.97. The molecule has 0 radical (unpaired) electrons. The van der Waals surface area contributed by atoms with E-state index in [9.17, 15) is 0 Å². The van der Waals surface area contributed by atoms with Crippen LogP contribution >= 0.6 is 22.7 Å². The van der Waals surface area contributed by atoms with Crippen molar-refractivity contribution in [3.8, 4) is 0 Å². The molecule has 5 heteroatoms. The molecule has 0 aromatic carbocycles. The van der Waals surface area contributed by atoms with Crippen LogP contribution in [0.25, 0.3) is 21.6 Å². The molecular weight excluding hydrogens is 310 g/mol. The number of thiophene rings is 2. The summed E-state index contributed by atoms with van der Waals surface area (Å²) >= 11 is 3.64. The Morgan fingerprint density at radius 3 is 2.27 bits per heavy atom. The summed E-state index contributed by atoms with van der Waals surface area (Å²) in [7, 11) is 0. The molecule has 0 N–H and O–H groups in total. The molecular formula is C17H19N3S2. The Balaban J connectivity index is 2.05. The Bertz CT molecular complexity index is 789. The van der Waals surface area contributed by atoms with Crippen LogP contribution in [0.4, 0.5) is 0 Å². The lowest BCUT2D eigenvalue weighted by Crippen LogP contribution is -1.86. The van der Waals surface area contributed by atoms with Crippen LogP contribution in [0.2, 0.25) is 0 Å². The third-order valence-electron chi connectivity index (χ3n) is 4.17. The summed E-state index contributed by atoms with van der Waals surface area (Å²) in [5, 5.41) is 3.69. The smallest absolute Gasteiger partial charge is 0.0605 e. The quantitative estimate of drug-likeness (QED) is 0.343. The molecule has 0 aliphatic heterocycles. The molecule has 2 aromatic heterocycles. The van der Waals surface area contributed by atoms with E-state index in [1.807, 2.05) is 11.3 Å². The van der Waals surface area contributed by atoms with Crippen LogP contribution in [0, 0.1) is 20.8 Å². The Labute approximate surface area is 138 Å². The predicted octanol–water partition coefficient (Wildman–Crippen LogP) is 6.64. The zero-order valence-corrected chi connectivity index (χ0v) is 14.8. The SMILES string of the molecule is Cc1cc(C2=C(c3cc(CN=[N+]=[N-])sc3C)CCC2)c(C)s1. The van der Waals surface area contributed by atoms with E-state index in [1.165, 1.54) is 49.7 Å². The van der Waals surface area contributed by atoms with Gasteiger partial charge >= 0.3 is 0 Å². The van der Waals surface area contributed by atoms with Crippen molar-refractivity contribution < 1.29 is 0 Å². The van der Waals surface area contributed by atoms with Crippen molar-refractivity contribution in [1.29, 1.82) is 0 Å². The fourth-order valence-electron chi connectivity index (χ4n) is 3.29. The van der Waals surface area contributed by atoms with Gasteiger partial charge in [-0.1, -0.05) is 5.11 Å². The van der Waals surface area contributed by atoms with E-state index in [4.69, 9.17) is 5.53 Å². The van der Waals surface area contributed by atoms with Gasteiger partial charge in [0.2, 0.25) is 0 Å². The molecule has 0 unspecified atom stereocenters. The monoisotopic (exact) mass is 329 g/mol. The molecule has 1 aliphatic carbocycles. The van der Waals surface area contributed by atoms with Gasteiger partial charge in [-0.05, 0) is 80.0 Å². The van der Waals surface area contributed by atoms with Crippen molar-refractivity contribution in [3.63, 3.8) is 0 Å². The molecule has 22 heavy (non-hydrogen) atoms. The van der Waals surface area contributed by atoms with Crippen molar-refractivity contribution in [1.82, 2.24) is 0 Å². The van der Waals surface area contributed by atoms with Crippen LogP contribution < -0.4 is 0 Å². The molecule has 0 spiro atoms. The van der Waals surface area contributed by atoms with Gasteiger partial charge in [-0.2, -0.15) is 0 Å². The Hall–Kier alpha value is -1.55. The normalized spacial score (nSPS) is 14.5. The minimum absolute atomic E-state index is 0.460. The summed E-state index contributed by atoms with van der Waals surface area (Å²) in [6.07, 6.45) is 3.56. The number of hydrogen-bond donors (Lipinski definition) is 0. The average Bonchev–Trinajstić information content (AvgIpc) is 3.15. The van der Waals surface area contributed by atoms with Crippen LogP contribution in [0.15, 0.2) is 17.2 Å². The zero-order chi connectivity index (χ0) is 15.7. The van der Waals surface area contributed by atoms with Crippen molar-refractivity contribution in [2.45, 2.75) is 46.6 Å². The van der Waals surface area contributed by atoms with E-state index in [2.05, 4.69) is 42.9 Å². The summed E-state index contributed by atoms with van der Waals surface area (Å²) < 4.78 is 0. The van der Waals surface area contributed by atoms with Crippen LogP contribution in [0.5, 0.6) is 0 Å². The van der Waals surface area contributed by atoms with E-state index in [-0.39, 0.29) is 0 Å². The summed E-state index contributed by atoms with van der Waals surface area (Å²) in [6, 6.07) is 4.56. The highest BCUT2D eigenvalue weighted by molar-refractivity contribution is 7.12. The Morgan fingerprint density at radius 2 is 1.68 bits per heavy atom. The number of aryl methyl sites for hydroxylation is 3. The van der Waals surface area contributed by atoms with Gasteiger partial charge in [0.05, 0.1) is 6.54 Å². The lowest BCUT2D eigenvalue weighted by molar-refractivity contribution is 0.941. The van der Waals surface area contributed by atoms with E-state index >= 15 is 0 Å². The third-order valence-corrected chi connectivity index (χ3v) is 6.17. The third kappa shape index (κ3) is 2.84. The van der Waals surface area contributed by atoms with Crippen molar-refractivity contribution in [3.05, 3.63) is 53.2 Å². The second-order valence-electron chi connectivity index (χ2n) is 5.71. The second-order valence-corrected chi connectivity index (χ2v) is 8.51. The van der Waals surface area contributed by atoms with Gasteiger partial charge in [-0.15, -0.1) is 22.7 Å². The maximum Gasteiger partial charge on any atom is 0.0605 e. The first-order valence-electron chi connectivity index (χ1n) is 7.50. The van der Waals surface area contributed by atoms with Gasteiger partial charge in [0, 0.05) is 24.4 Å². The summed E-state index contributed by atoms with van der Waals surface area (Å²) in [4.78, 5) is 8.17. The largest absolute Gasteiger partial charge is 0.145 e. The van der Waals surface area contributed by atoms with E-state index in [1.54, 1.807) is 11.3 Å². The van der Waals surface area contributed by atoms with Gasteiger partial charge in [-0.25, -0.2) is 0 Å². The van der Waals surface area contributed by atoms with Gasteiger partial charge < -0.3 is 0 Å². The Morgan fingerprint density at radius 1 is 1.05 bits per heavy atom. The number of nitrogens with zero attached hydrogens (tertiary/aromatic N) is 3. The average molecular weight is 329 g/mol. The highest BCUT2D eigenvalue weighted by Gasteiger charge is 2.22. The molecule has 0 fully saturated rings. The van der Waals surface area contributed by atoms with Crippen LogP contribution in [-0.4, -0.2) is 0 Å². The fraction of sp³-hybridized carbons (Fsp3) is 0.412. The summed E-state index contributed by atoms with van der Waals surface area (Å²) in [5.74, 6) is 0. The van der Waals surface area contributed by atoms with Crippen molar-refractivity contribution in [2.24, 2.45) is 5.11 Å². The predicted molar refractivity (Wildman–Crippen MR) is 96.4 cm³/mol. The van der Waals surface area contributed by atoms with Crippen molar-refractivity contribution >= 4 is 33.8 Å². The second kappa shape index (κ2) is 6.29. The first-order valence-corrected chi connectivity index (χ1v) is 9.13.